The van der Waals surface area contributed by atoms with E-state index in [1.807, 2.05) is 6.92 Å². The average Bonchev–Trinajstić information content (AvgIpc) is 2.39. The highest BCUT2D eigenvalue weighted by atomic mass is 35.5. The van der Waals surface area contributed by atoms with Crippen molar-refractivity contribution in [2.45, 2.75) is 39.7 Å². The Morgan fingerprint density at radius 3 is 2.95 bits per heavy atom. The average molecular weight is 297 g/mol. The van der Waals surface area contributed by atoms with Crippen LogP contribution in [0.25, 0.3) is 0 Å². The summed E-state index contributed by atoms with van der Waals surface area (Å²) in [7, 11) is 0. The van der Waals surface area contributed by atoms with Gasteiger partial charge in [-0.15, -0.1) is 0 Å². The van der Waals surface area contributed by atoms with Crippen molar-refractivity contribution in [2.24, 2.45) is 5.92 Å². The van der Waals surface area contributed by atoms with Gasteiger partial charge in [-0.1, -0.05) is 18.5 Å². The van der Waals surface area contributed by atoms with Crippen LogP contribution >= 0.6 is 11.6 Å². The van der Waals surface area contributed by atoms with Crippen molar-refractivity contribution in [3.63, 3.8) is 0 Å². The lowest BCUT2D eigenvalue weighted by Crippen LogP contribution is -2.38. The smallest absolute Gasteiger partial charge is 0.144 e. The Labute approximate surface area is 126 Å². The Morgan fingerprint density at radius 1 is 1.45 bits per heavy atom. The second-order valence-corrected chi connectivity index (χ2v) is 6.08. The van der Waals surface area contributed by atoms with E-state index < -0.39 is 0 Å². The Hall–Kier alpha value is -0.710. The molecule has 1 N–H and O–H groups in total. The first-order valence-electron chi connectivity index (χ1n) is 7.60. The summed E-state index contributed by atoms with van der Waals surface area (Å²) < 4.78 is 0. The lowest BCUT2D eigenvalue weighted by molar-refractivity contribution is 0.197. The molecule has 1 aliphatic rings. The van der Waals surface area contributed by atoms with E-state index >= 15 is 0 Å². The van der Waals surface area contributed by atoms with Gasteiger partial charge in [0.15, 0.2) is 0 Å². The monoisotopic (exact) mass is 296 g/mol. The van der Waals surface area contributed by atoms with E-state index in [0.717, 1.165) is 50.0 Å². The fraction of sp³-hybridized carbons (Fsp3) is 0.733. The van der Waals surface area contributed by atoms with Gasteiger partial charge in [-0.3, -0.25) is 4.90 Å². The molecule has 1 aromatic rings. The lowest BCUT2D eigenvalue weighted by atomic mass is 9.99. The van der Waals surface area contributed by atoms with Crippen molar-refractivity contribution in [1.29, 1.82) is 0 Å². The predicted molar refractivity (Wildman–Crippen MR) is 82.9 cm³/mol. The van der Waals surface area contributed by atoms with Crippen molar-refractivity contribution in [3.05, 3.63) is 22.7 Å². The van der Waals surface area contributed by atoms with E-state index in [9.17, 15) is 0 Å². The lowest BCUT2D eigenvalue weighted by Gasteiger charge is -2.29. The van der Waals surface area contributed by atoms with Gasteiger partial charge in [0.05, 0.1) is 6.54 Å². The molecular formula is C15H25ClN4. The van der Waals surface area contributed by atoms with Gasteiger partial charge in [0.2, 0.25) is 0 Å². The number of nitrogens with zero attached hydrogens (tertiary/aromatic N) is 3. The third-order valence-electron chi connectivity index (χ3n) is 3.69. The summed E-state index contributed by atoms with van der Waals surface area (Å²) in [6.45, 7) is 9.49. The minimum atomic E-state index is 0.545. The number of halogens is 1. The Morgan fingerprint density at radius 2 is 2.30 bits per heavy atom. The van der Waals surface area contributed by atoms with E-state index in [4.69, 9.17) is 11.6 Å². The summed E-state index contributed by atoms with van der Waals surface area (Å²) in [4.78, 5) is 11.3. The first kappa shape index (κ1) is 15.7. The normalized spacial score (nSPS) is 19.5. The number of hydrogen-bond donors (Lipinski definition) is 1. The number of aryl methyl sites for hydroxylation is 1. The van der Waals surface area contributed by atoms with E-state index in [2.05, 4.69) is 27.1 Å². The predicted octanol–water partition coefficient (Wildman–Crippen LogP) is 2.65. The minimum absolute atomic E-state index is 0.545. The van der Waals surface area contributed by atoms with Gasteiger partial charge in [0.25, 0.3) is 0 Å². The highest BCUT2D eigenvalue weighted by Gasteiger charge is 2.17. The molecule has 5 heteroatoms. The van der Waals surface area contributed by atoms with Crippen LogP contribution < -0.4 is 5.32 Å². The summed E-state index contributed by atoms with van der Waals surface area (Å²) in [5.74, 6) is 1.59. The van der Waals surface area contributed by atoms with Gasteiger partial charge in [-0.25, -0.2) is 9.97 Å². The quantitative estimate of drug-likeness (QED) is 0.820. The molecule has 1 atom stereocenters. The topological polar surface area (TPSA) is 41.1 Å². The Balaban J connectivity index is 1.96. The Bertz CT molecular complexity index is 398. The summed E-state index contributed by atoms with van der Waals surface area (Å²) in [6.07, 6.45) is 3.76. The second kappa shape index (κ2) is 7.91. The summed E-state index contributed by atoms with van der Waals surface area (Å²) in [6, 6.07) is 1.81. The van der Waals surface area contributed by atoms with Gasteiger partial charge < -0.3 is 5.32 Å². The first-order valence-corrected chi connectivity index (χ1v) is 7.98. The van der Waals surface area contributed by atoms with E-state index in [1.165, 1.54) is 19.4 Å². The van der Waals surface area contributed by atoms with Crippen LogP contribution in [0.1, 0.15) is 37.7 Å². The van der Waals surface area contributed by atoms with Crippen LogP contribution in [0.15, 0.2) is 6.07 Å². The van der Waals surface area contributed by atoms with Crippen LogP contribution in [0.3, 0.4) is 0 Å². The molecule has 2 rings (SSSR count). The largest absolute Gasteiger partial charge is 0.316 e. The molecule has 112 valence electrons. The van der Waals surface area contributed by atoms with Crippen molar-refractivity contribution >= 4 is 11.6 Å². The third kappa shape index (κ3) is 5.00. The van der Waals surface area contributed by atoms with Gasteiger partial charge in [0, 0.05) is 12.2 Å². The second-order valence-electron chi connectivity index (χ2n) is 5.70. The Kier molecular flexibility index (Phi) is 6.20. The van der Waals surface area contributed by atoms with E-state index in [-0.39, 0.29) is 0 Å². The van der Waals surface area contributed by atoms with E-state index in [1.54, 1.807) is 6.07 Å². The standard InChI is InChI=1S/C15H25ClN4/c1-3-7-20(10-13-5-4-6-17-9-13)11-15-18-12(2)8-14(16)19-15/h8,13,17H,3-7,9-11H2,1-2H3. The molecule has 0 radical (unpaired) electrons. The summed E-state index contributed by atoms with van der Waals surface area (Å²) in [5.41, 5.74) is 0.941. The minimum Gasteiger partial charge on any atom is -0.316 e. The van der Waals surface area contributed by atoms with Gasteiger partial charge in [-0.05, 0) is 57.8 Å². The fourth-order valence-electron chi connectivity index (χ4n) is 2.86. The van der Waals surface area contributed by atoms with Crippen molar-refractivity contribution in [3.8, 4) is 0 Å². The summed E-state index contributed by atoms with van der Waals surface area (Å²) in [5, 5.41) is 4.03. The molecule has 2 heterocycles. The van der Waals surface area contributed by atoms with Crippen molar-refractivity contribution < 1.29 is 0 Å². The van der Waals surface area contributed by atoms with Crippen molar-refractivity contribution in [1.82, 2.24) is 20.2 Å². The number of piperidine rings is 1. The van der Waals surface area contributed by atoms with Gasteiger partial charge in [0.1, 0.15) is 11.0 Å². The molecule has 1 aromatic heterocycles. The van der Waals surface area contributed by atoms with E-state index in [0.29, 0.717) is 5.15 Å². The maximum Gasteiger partial charge on any atom is 0.144 e. The summed E-state index contributed by atoms with van der Waals surface area (Å²) >= 11 is 6.02. The zero-order chi connectivity index (χ0) is 14.4. The van der Waals surface area contributed by atoms with Gasteiger partial charge in [-0.2, -0.15) is 0 Å². The zero-order valence-corrected chi connectivity index (χ0v) is 13.3. The number of aromatic nitrogens is 2. The van der Waals surface area contributed by atoms with Crippen LogP contribution in [0.5, 0.6) is 0 Å². The highest BCUT2D eigenvalue weighted by molar-refractivity contribution is 6.29. The maximum absolute atomic E-state index is 6.02. The molecular weight excluding hydrogens is 272 g/mol. The molecule has 1 unspecified atom stereocenters. The van der Waals surface area contributed by atoms with Crippen LogP contribution in [-0.4, -0.2) is 41.0 Å². The van der Waals surface area contributed by atoms with Crippen LogP contribution in [0.4, 0.5) is 0 Å². The number of hydrogen-bond acceptors (Lipinski definition) is 4. The van der Waals surface area contributed by atoms with Crippen LogP contribution in [-0.2, 0) is 6.54 Å². The molecule has 0 amide bonds. The van der Waals surface area contributed by atoms with Crippen LogP contribution in [0, 0.1) is 12.8 Å². The molecule has 1 fully saturated rings. The SMILES string of the molecule is CCCN(Cc1nc(C)cc(Cl)n1)CC1CCCNC1. The highest BCUT2D eigenvalue weighted by Crippen LogP contribution is 2.14. The number of rotatable bonds is 6. The van der Waals surface area contributed by atoms with Gasteiger partial charge >= 0.3 is 0 Å². The number of nitrogens with one attached hydrogen (secondary N) is 1. The molecule has 4 nitrogen and oxygen atoms in total. The molecule has 1 saturated heterocycles. The van der Waals surface area contributed by atoms with Crippen molar-refractivity contribution in [2.75, 3.05) is 26.2 Å². The maximum atomic E-state index is 6.02. The third-order valence-corrected chi connectivity index (χ3v) is 3.88. The fourth-order valence-corrected chi connectivity index (χ4v) is 3.11. The molecule has 0 saturated carbocycles. The zero-order valence-electron chi connectivity index (χ0n) is 12.5. The van der Waals surface area contributed by atoms with Crippen LogP contribution in [0.2, 0.25) is 5.15 Å². The molecule has 0 bridgehead atoms. The molecule has 0 spiro atoms. The first-order chi connectivity index (χ1) is 9.67. The molecule has 1 aliphatic heterocycles. The molecule has 0 aromatic carbocycles. The molecule has 20 heavy (non-hydrogen) atoms. The molecule has 0 aliphatic carbocycles.